The second-order valence-corrected chi connectivity index (χ2v) is 4.69. The van der Waals surface area contributed by atoms with Crippen molar-refractivity contribution in [2.75, 3.05) is 5.84 Å². The maximum atomic E-state index is 5.80. The largest absolute Gasteiger partial charge is 0.336 e. The van der Waals surface area contributed by atoms with E-state index < -0.39 is 0 Å². The Labute approximate surface area is 103 Å². The summed E-state index contributed by atoms with van der Waals surface area (Å²) in [5, 5.41) is 9.32. The van der Waals surface area contributed by atoms with Crippen LogP contribution in [0.3, 0.4) is 0 Å². The minimum Gasteiger partial charge on any atom is -0.336 e. The van der Waals surface area contributed by atoms with Crippen molar-refractivity contribution in [2.45, 2.75) is 17.8 Å². The van der Waals surface area contributed by atoms with Gasteiger partial charge in [-0.1, -0.05) is 35.5 Å². The van der Waals surface area contributed by atoms with Crippen molar-refractivity contribution < 1.29 is 0 Å². The van der Waals surface area contributed by atoms with Crippen LogP contribution in [0.1, 0.15) is 11.4 Å². The summed E-state index contributed by atoms with van der Waals surface area (Å²) in [5.41, 5.74) is 1.18. The highest BCUT2D eigenvalue weighted by Crippen LogP contribution is 2.21. The van der Waals surface area contributed by atoms with E-state index in [-0.39, 0.29) is 0 Å². The topological polar surface area (TPSA) is 56.7 Å². The SMILES string of the molecule is Cc1nnc(SCc2ccc(Cl)cc2)n1N. The first-order valence-electron chi connectivity index (χ1n) is 4.71. The normalized spacial score (nSPS) is 10.6. The lowest BCUT2D eigenvalue weighted by Crippen LogP contribution is -2.11. The third-order valence-corrected chi connectivity index (χ3v) is 3.38. The standard InChI is InChI=1S/C10H11ClN4S/c1-7-13-14-10(15(7)12)16-6-8-2-4-9(11)5-3-8/h2-5H,6,12H2,1H3. The van der Waals surface area contributed by atoms with Crippen molar-refractivity contribution in [1.82, 2.24) is 14.9 Å². The summed E-state index contributed by atoms with van der Waals surface area (Å²) in [6.45, 7) is 1.82. The molecule has 0 bridgehead atoms. The molecule has 84 valence electrons. The van der Waals surface area contributed by atoms with Crippen LogP contribution in [0.2, 0.25) is 5.02 Å². The Kier molecular flexibility index (Phi) is 3.36. The van der Waals surface area contributed by atoms with Crippen molar-refractivity contribution in [2.24, 2.45) is 0 Å². The van der Waals surface area contributed by atoms with Gasteiger partial charge in [0, 0.05) is 10.8 Å². The van der Waals surface area contributed by atoms with E-state index in [0.29, 0.717) is 11.0 Å². The molecule has 0 aliphatic heterocycles. The van der Waals surface area contributed by atoms with E-state index in [4.69, 9.17) is 17.4 Å². The van der Waals surface area contributed by atoms with Crippen molar-refractivity contribution in [3.63, 3.8) is 0 Å². The predicted molar refractivity (Wildman–Crippen MR) is 65.9 cm³/mol. The van der Waals surface area contributed by atoms with E-state index in [0.717, 1.165) is 10.8 Å². The highest BCUT2D eigenvalue weighted by molar-refractivity contribution is 7.98. The van der Waals surface area contributed by atoms with Gasteiger partial charge in [0.05, 0.1) is 0 Å². The van der Waals surface area contributed by atoms with Gasteiger partial charge in [0.1, 0.15) is 5.82 Å². The van der Waals surface area contributed by atoms with Crippen molar-refractivity contribution in [3.05, 3.63) is 40.7 Å². The van der Waals surface area contributed by atoms with Crippen LogP contribution in [0.5, 0.6) is 0 Å². The number of nitrogens with zero attached hydrogens (tertiary/aromatic N) is 3. The fourth-order valence-electron chi connectivity index (χ4n) is 1.18. The highest BCUT2D eigenvalue weighted by atomic mass is 35.5. The van der Waals surface area contributed by atoms with E-state index in [1.165, 1.54) is 10.2 Å². The van der Waals surface area contributed by atoms with Crippen molar-refractivity contribution in [3.8, 4) is 0 Å². The third-order valence-electron chi connectivity index (χ3n) is 2.12. The van der Waals surface area contributed by atoms with Gasteiger partial charge in [-0.15, -0.1) is 10.2 Å². The van der Waals surface area contributed by atoms with Gasteiger partial charge < -0.3 is 5.84 Å². The van der Waals surface area contributed by atoms with Gasteiger partial charge in [0.25, 0.3) is 0 Å². The zero-order chi connectivity index (χ0) is 11.5. The molecule has 0 radical (unpaired) electrons. The van der Waals surface area contributed by atoms with E-state index in [1.807, 2.05) is 31.2 Å². The van der Waals surface area contributed by atoms with E-state index in [2.05, 4.69) is 10.2 Å². The minimum absolute atomic E-state index is 0.707. The van der Waals surface area contributed by atoms with Crippen molar-refractivity contribution >= 4 is 23.4 Å². The van der Waals surface area contributed by atoms with Gasteiger partial charge in [0.15, 0.2) is 0 Å². The quantitative estimate of drug-likeness (QED) is 0.674. The molecule has 0 unspecified atom stereocenters. The van der Waals surface area contributed by atoms with Crippen LogP contribution in [-0.4, -0.2) is 14.9 Å². The summed E-state index contributed by atoms with van der Waals surface area (Å²) in [6.07, 6.45) is 0. The number of aryl methyl sites for hydroxylation is 1. The van der Waals surface area contributed by atoms with Gasteiger partial charge >= 0.3 is 0 Å². The molecule has 16 heavy (non-hydrogen) atoms. The molecule has 0 saturated carbocycles. The van der Waals surface area contributed by atoms with Crippen LogP contribution < -0.4 is 5.84 Å². The average Bonchev–Trinajstić information content (AvgIpc) is 2.60. The lowest BCUT2D eigenvalue weighted by Gasteiger charge is -2.01. The molecule has 2 aromatic rings. The van der Waals surface area contributed by atoms with Crippen LogP contribution in [-0.2, 0) is 5.75 Å². The maximum Gasteiger partial charge on any atom is 0.210 e. The molecule has 0 fully saturated rings. The van der Waals surface area contributed by atoms with Gasteiger partial charge in [-0.2, -0.15) is 0 Å². The smallest absolute Gasteiger partial charge is 0.210 e. The first-order valence-corrected chi connectivity index (χ1v) is 6.07. The summed E-state index contributed by atoms with van der Waals surface area (Å²) in [7, 11) is 0. The van der Waals surface area contributed by atoms with Crippen LogP contribution in [0.15, 0.2) is 29.4 Å². The number of aromatic nitrogens is 3. The number of rotatable bonds is 3. The van der Waals surface area contributed by atoms with Gasteiger partial charge in [0.2, 0.25) is 5.16 Å². The van der Waals surface area contributed by atoms with Gasteiger partial charge in [-0.25, -0.2) is 4.68 Å². The maximum absolute atomic E-state index is 5.80. The number of nitrogens with two attached hydrogens (primary N) is 1. The first-order chi connectivity index (χ1) is 7.66. The molecular formula is C10H11ClN4S. The minimum atomic E-state index is 0.707. The first kappa shape index (κ1) is 11.3. The van der Waals surface area contributed by atoms with E-state index in [9.17, 15) is 0 Å². The highest BCUT2D eigenvalue weighted by Gasteiger charge is 2.06. The predicted octanol–water partition coefficient (Wildman–Crippen LogP) is 2.25. The number of nitrogen functional groups attached to an aromatic ring is 1. The van der Waals surface area contributed by atoms with Crippen LogP contribution in [0.25, 0.3) is 0 Å². The summed E-state index contributed by atoms with van der Waals surface area (Å²) >= 11 is 7.35. The molecular weight excluding hydrogens is 244 g/mol. The average molecular weight is 255 g/mol. The molecule has 1 aromatic carbocycles. The Morgan fingerprint density at radius 2 is 2.00 bits per heavy atom. The molecule has 2 rings (SSSR count). The van der Waals surface area contributed by atoms with Crippen molar-refractivity contribution in [1.29, 1.82) is 0 Å². The Bertz CT molecular complexity index is 480. The van der Waals surface area contributed by atoms with E-state index in [1.54, 1.807) is 11.8 Å². The fraction of sp³-hybridized carbons (Fsp3) is 0.200. The second-order valence-electron chi connectivity index (χ2n) is 3.31. The molecule has 0 saturated heterocycles. The lowest BCUT2D eigenvalue weighted by atomic mass is 10.2. The molecule has 6 heteroatoms. The molecule has 0 atom stereocenters. The number of hydrogen-bond acceptors (Lipinski definition) is 4. The molecule has 0 aliphatic carbocycles. The van der Waals surface area contributed by atoms with Gasteiger partial charge in [-0.3, -0.25) is 0 Å². The molecule has 2 N–H and O–H groups in total. The molecule has 1 heterocycles. The zero-order valence-corrected chi connectivity index (χ0v) is 10.3. The van der Waals surface area contributed by atoms with E-state index >= 15 is 0 Å². The van der Waals surface area contributed by atoms with Crippen LogP contribution in [0.4, 0.5) is 0 Å². The summed E-state index contributed by atoms with van der Waals surface area (Å²) in [6, 6.07) is 7.71. The molecule has 0 amide bonds. The summed E-state index contributed by atoms with van der Waals surface area (Å²) in [5.74, 6) is 7.25. The lowest BCUT2D eigenvalue weighted by molar-refractivity contribution is 0.825. The number of hydrogen-bond donors (Lipinski definition) is 1. The number of thioether (sulfide) groups is 1. The fourth-order valence-corrected chi connectivity index (χ4v) is 2.16. The summed E-state index contributed by atoms with van der Waals surface area (Å²) < 4.78 is 1.49. The monoisotopic (exact) mass is 254 g/mol. The number of benzene rings is 1. The van der Waals surface area contributed by atoms with Crippen LogP contribution >= 0.6 is 23.4 Å². The Hall–Kier alpha value is -1.20. The Balaban J connectivity index is 2.02. The molecule has 4 nitrogen and oxygen atoms in total. The molecule has 0 aliphatic rings. The van der Waals surface area contributed by atoms with Crippen LogP contribution in [0, 0.1) is 6.92 Å². The molecule has 0 spiro atoms. The Morgan fingerprint density at radius 1 is 1.31 bits per heavy atom. The summed E-state index contributed by atoms with van der Waals surface area (Å²) in [4.78, 5) is 0. The molecule has 1 aromatic heterocycles. The Morgan fingerprint density at radius 3 is 2.56 bits per heavy atom. The third kappa shape index (κ3) is 2.48. The second kappa shape index (κ2) is 4.76. The van der Waals surface area contributed by atoms with Gasteiger partial charge in [-0.05, 0) is 24.6 Å². The number of halogens is 1. The zero-order valence-electron chi connectivity index (χ0n) is 8.72.